The van der Waals surface area contributed by atoms with Crippen LogP contribution in [0.3, 0.4) is 0 Å². The van der Waals surface area contributed by atoms with Gasteiger partial charge in [-0.3, -0.25) is 4.79 Å². The number of carbonyl (C=O) groups is 1. The molecule has 0 aliphatic rings. The third-order valence-corrected chi connectivity index (χ3v) is 4.27. The molecule has 1 atom stereocenters. The molecule has 1 heterocycles. The lowest BCUT2D eigenvalue weighted by Gasteiger charge is -2.24. The number of amides is 1. The normalized spacial score (nSPS) is 12.2. The Bertz CT molecular complexity index is 533. The molecular weight excluding hydrogens is 242 g/mol. The largest absolute Gasteiger partial charge is 0.334 e. The maximum Gasteiger partial charge on any atom is 0.254 e. The SMILES string of the molecule is Cc1ccccc1C(=O)N(C)C(C)c1cccs1. The van der Waals surface area contributed by atoms with E-state index in [1.54, 1.807) is 16.2 Å². The van der Waals surface area contributed by atoms with Crippen LogP contribution in [0.25, 0.3) is 0 Å². The van der Waals surface area contributed by atoms with Crippen molar-refractivity contribution in [3.63, 3.8) is 0 Å². The third-order valence-electron chi connectivity index (χ3n) is 3.23. The predicted molar refractivity (Wildman–Crippen MR) is 76.0 cm³/mol. The van der Waals surface area contributed by atoms with Crippen molar-refractivity contribution in [2.45, 2.75) is 19.9 Å². The van der Waals surface area contributed by atoms with Crippen LogP contribution < -0.4 is 0 Å². The summed E-state index contributed by atoms with van der Waals surface area (Å²) in [7, 11) is 1.86. The lowest BCUT2D eigenvalue weighted by Crippen LogP contribution is -2.29. The van der Waals surface area contributed by atoms with Gasteiger partial charge in [-0.2, -0.15) is 0 Å². The number of aryl methyl sites for hydroxylation is 1. The van der Waals surface area contributed by atoms with E-state index in [-0.39, 0.29) is 11.9 Å². The van der Waals surface area contributed by atoms with Gasteiger partial charge in [0.2, 0.25) is 0 Å². The van der Waals surface area contributed by atoms with Crippen LogP contribution in [0.5, 0.6) is 0 Å². The van der Waals surface area contributed by atoms with Gasteiger partial charge in [0.25, 0.3) is 5.91 Å². The lowest BCUT2D eigenvalue weighted by atomic mass is 10.1. The van der Waals surface area contributed by atoms with Gasteiger partial charge in [-0.25, -0.2) is 0 Å². The zero-order valence-corrected chi connectivity index (χ0v) is 11.7. The summed E-state index contributed by atoms with van der Waals surface area (Å²) in [6.45, 7) is 4.03. The molecule has 1 aromatic heterocycles. The highest BCUT2D eigenvalue weighted by atomic mass is 32.1. The van der Waals surface area contributed by atoms with Gasteiger partial charge in [0.05, 0.1) is 6.04 Å². The molecule has 0 saturated carbocycles. The minimum absolute atomic E-state index is 0.0778. The second-order valence-electron chi connectivity index (χ2n) is 4.42. The molecule has 0 aliphatic carbocycles. The molecule has 3 heteroatoms. The van der Waals surface area contributed by atoms with Gasteiger partial charge in [-0.15, -0.1) is 11.3 Å². The minimum Gasteiger partial charge on any atom is -0.334 e. The summed E-state index contributed by atoms with van der Waals surface area (Å²) < 4.78 is 0. The number of carbonyl (C=O) groups excluding carboxylic acids is 1. The van der Waals surface area contributed by atoms with Gasteiger partial charge in [0, 0.05) is 17.5 Å². The highest BCUT2D eigenvalue weighted by Crippen LogP contribution is 2.25. The summed E-state index contributed by atoms with van der Waals surface area (Å²) in [5.74, 6) is 0.0778. The van der Waals surface area contributed by atoms with E-state index in [1.165, 1.54) is 4.88 Å². The molecule has 2 aromatic rings. The number of benzene rings is 1. The van der Waals surface area contributed by atoms with Gasteiger partial charge in [0.1, 0.15) is 0 Å². The number of hydrogen-bond donors (Lipinski definition) is 0. The Kier molecular flexibility index (Phi) is 3.82. The molecule has 2 rings (SSSR count). The maximum atomic E-state index is 12.4. The first-order chi connectivity index (χ1) is 8.61. The van der Waals surface area contributed by atoms with E-state index in [2.05, 4.69) is 13.0 Å². The van der Waals surface area contributed by atoms with Crippen LogP contribution in [0.4, 0.5) is 0 Å². The van der Waals surface area contributed by atoms with Crippen molar-refractivity contribution >= 4 is 17.2 Å². The Morgan fingerprint density at radius 2 is 1.94 bits per heavy atom. The molecule has 2 nitrogen and oxygen atoms in total. The molecule has 1 unspecified atom stereocenters. The third kappa shape index (κ3) is 2.46. The van der Waals surface area contributed by atoms with Crippen molar-refractivity contribution in [1.82, 2.24) is 4.90 Å². The van der Waals surface area contributed by atoms with E-state index in [4.69, 9.17) is 0 Å². The number of hydrogen-bond acceptors (Lipinski definition) is 2. The van der Waals surface area contributed by atoms with Gasteiger partial charge in [-0.1, -0.05) is 24.3 Å². The first-order valence-corrected chi connectivity index (χ1v) is 6.85. The fourth-order valence-corrected chi connectivity index (χ4v) is 2.73. The first-order valence-electron chi connectivity index (χ1n) is 5.97. The van der Waals surface area contributed by atoms with E-state index < -0.39 is 0 Å². The van der Waals surface area contributed by atoms with Crippen molar-refractivity contribution in [3.05, 3.63) is 57.8 Å². The van der Waals surface area contributed by atoms with Crippen LogP contribution in [0, 0.1) is 6.92 Å². The van der Waals surface area contributed by atoms with Crippen molar-refractivity contribution in [1.29, 1.82) is 0 Å². The maximum absolute atomic E-state index is 12.4. The van der Waals surface area contributed by atoms with Gasteiger partial charge in [-0.05, 0) is 36.9 Å². The van der Waals surface area contributed by atoms with Gasteiger partial charge < -0.3 is 4.90 Å². The van der Waals surface area contributed by atoms with Crippen molar-refractivity contribution in [3.8, 4) is 0 Å². The molecule has 0 bridgehead atoms. The predicted octanol–water partition coefficient (Wildman–Crippen LogP) is 3.89. The summed E-state index contributed by atoms with van der Waals surface area (Å²) in [5, 5.41) is 2.04. The Hall–Kier alpha value is -1.61. The fraction of sp³-hybridized carbons (Fsp3) is 0.267. The summed E-state index contributed by atoms with van der Waals surface area (Å²) in [5.41, 5.74) is 1.80. The summed E-state index contributed by atoms with van der Waals surface area (Å²) in [6.07, 6.45) is 0. The molecule has 1 aromatic carbocycles. The van der Waals surface area contributed by atoms with Crippen LogP contribution in [0.15, 0.2) is 41.8 Å². The van der Waals surface area contributed by atoms with Crippen LogP contribution in [-0.2, 0) is 0 Å². The second kappa shape index (κ2) is 5.36. The van der Waals surface area contributed by atoms with E-state index in [9.17, 15) is 4.79 Å². The smallest absolute Gasteiger partial charge is 0.254 e. The molecule has 0 radical (unpaired) electrons. The molecule has 0 saturated heterocycles. The topological polar surface area (TPSA) is 20.3 Å². The fourth-order valence-electron chi connectivity index (χ4n) is 1.90. The molecule has 0 spiro atoms. The Morgan fingerprint density at radius 1 is 1.22 bits per heavy atom. The van der Waals surface area contributed by atoms with Crippen LogP contribution >= 0.6 is 11.3 Å². The molecule has 0 aliphatic heterocycles. The quantitative estimate of drug-likeness (QED) is 0.819. The van der Waals surface area contributed by atoms with Crippen molar-refractivity contribution in [2.75, 3.05) is 7.05 Å². The van der Waals surface area contributed by atoms with E-state index in [0.717, 1.165) is 11.1 Å². The molecule has 0 fully saturated rings. The average Bonchev–Trinajstić information content (AvgIpc) is 2.90. The monoisotopic (exact) mass is 259 g/mol. The zero-order valence-electron chi connectivity index (χ0n) is 10.9. The Balaban J connectivity index is 2.22. The average molecular weight is 259 g/mol. The van der Waals surface area contributed by atoms with Crippen molar-refractivity contribution in [2.24, 2.45) is 0 Å². The Labute approximate surface area is 112 Å². The van der Waals surface area contributed by atoms with Gasteiger partial charge >= 0.3 is 0 Å². The minimum atomic E-state index is 0.0778. The van der Waals surface area contributed by atoms with Crippen molar-refractivity contribution < 1.29 is 4.79 Å². The van der Waals surface area contributed by atoms with Gasteiger partial charge in [0.15, 0.2) is 0 Å². The van der Waals surface area contributed by atoms with E-state index in [1.807, 2.05) is 49.7 Å². The van der Waals surface area contributed by atoms with E-state index >= 15 is 0 Å². The molecule has 1 amide bonds. The van der Waals surface area contributed by atoms with Crippen LogP contribution in [-0.4, -0.2) is 17.9 Å². The van der Waals surface area contributed by atoms with E-state index in [0.29, 0.717) is 0 Å². The zero-order chi connectivity index (χ0) is 13.1. The highest BCUT2D eigenvalue weighted by Gasteiger charge is 2.20. The second-order valence-corrected chi connectivity index (χ2v) is 5.40. The highest BCUT2D eigenvalue weighted by molar-refractivity contribution is 7.10. The summed E-state index contributed by atoms with van der Waals surface area (Å²) in [6, 6.07) is 11.9. The molecule has 0 N–H and O–H groups in total. The first kappa shape index (κ1) is 12.8. The number of rotatable bonds is 3. The number of nitrogens with zero attached hydrogens (tertiary/aromatic N) is 1. The lowest BCUT2D eigenvalue weighted by molar-refractivity contribution is 0.0744. The summed E-state index contributed by atoms with van der Waals surface area (Å²) >= 11 is 1.68. The molecule has 94 valence electrons. The van der Waals surface area contributed by atoms with Crippen LogP contribution in [0.2, 0.25) is 0 Å². The standard InChI is InChI=1S/C15H17NOS/c1-11-7-4-5-8-13(11)15(17)16(3)12(2)14-9-6-10-18-14/h4-10,12H,1-3H3. The Morgan fingerprint density at radius 3 is 2.56 bits per heavy atom. The molecular formula is C15H17NOS. The molecule has 18 heavy (non-hydrogen) atoms. The summed E-state index contributed by atoms with van der Waals surface area (Å²) in [4.78, 5) is 15.4. The number of thiophene rings is 1. The van der Waals surface area contributed by atoms with Crippen LogP contribution in [0.1, 0.15) is 33.8 Å².